The minimum Gasteiger partial charge on any atom is -0.756 e. The van der Waals surface area contributed by atoms with Gasteiger partial charge in [-0.1, -0.05) is 103 Å². The van der Waals surface area contributed by atoms with Crippen molar-refractivity contribution in [3.63, 3.8) is 0 Å². The fourth-order valence-corrected chi connectivity index (χ4v) is 4.36. The summed E-state index contributed by atoms with van der Waals surface area (Å²) in [4.78, 5) is 11.7. The fourth-order valence-electron chi connectivity index (χ4n) is 3.58. The molecule has 182 valence electrons. The van der Waals surface area contributed by atoms with Gasteiger partial charge in [-0.05, 0) is 6.42 Å². The van der Waals surface area contributed by atoms with Crippen molar-refractivity contribution in [3.8, 4) is 0 Å². The maximum absolute atomic E-state index is 11.7. The van der Waals surface area contributed by atoms with Crippen LogP contribution in [0, 0.1) is 0 Å². The quantitative estimate of drug-likeness (QED) is 0.0972. The van der Waals surface area contributed by atoms with Gasteiger partial charge in [0.2, 0.25) is 0 Å². The fraction of sp³-hybridized carbons (Fsp3) is 1.00. The van der Waals surface area contributed by atoms with Crippen molar-refractivity contribution >= 4 is 7.82 Å². The SMILES string of the molecule is CCCCCCCCCCCCCCCCCCOP(=O)([O-])OCCC[N+](C)(C)C. The van der Waals surface area contributed by atoms with E-state index in [1.165, 1.54) is 83.5 Å². The van der Waals surface area contributed by atoms with Crippen LogP contribution in [-0.2, 0) is 13.6 Å². The number of nitrogens with zero attached hydrogens (tertiary/aromatic N) is 1. The van der Waals surface area contributed by atoms with Crippen LogP contribution in [-0.4, -0.2) is 45.4 Å². The molecule has 0 saturated heterocycles. The first-order valence-electron chi connectivity index (χ1n) is 12.7. The lowest BCUT2D eigenvalue weighted by molar-refractivity contribution is -0.870. The van der Waals surface area contributed by atoms with E-state index < -0.39 is 7.82 Å². The molecule has 6 heteroatoms. The molecule has 5 nitrogen and oxygen atoms in total. The molecule has 0 aromatic rings. The van der Waals surface area contributed by atoms with Crippen molar-refractivity contribution in [3.05, 3.63) is 0 Å². The van der Waals surface area contributed by atoms with Gasteiger partial charge < -0.3 is 18.4 Å². The summed E-state index contributed by atoms with van der Waals surface area (Å²) < 4.78 is 22.4. The highest BCUT2D eigenvalue weighted by atomic mass is 31.2. The average Bonchev–Trinajstić information content (AvgIpc) is 2.67. The molecule has 0 aromatic carbocycles. The van der Waals surface area contributed by atoms with Crippen LogP contribution in [0.3, 0.4) is 0 Å². The van der Waals surface area contributed by atoms with Crippen molar-refractivity contribution in [1.82, 2.24) is 0 Å². The molecule has 0 aromatic heterocycles. The zero-order valence-corrected chi connectivity index (χ0v) is 21.6. The Kier molecular flexibility index (Phi) is 19.8. The van der Waals surface area contributed by atoms with Gasteiger partial charge in [0.25, 0.3) is 7.82 Å². The van der Waals surface area contributed by atoms with Gasteiger partial charge in [0, 0.05) is 6.42 Å². The number of unbranched alkanes of at least 4 members (excludes halogenated alkanes) is 15. The van der Waals surface area contributed by atoms with Crippen molar-refractivity contribution in [2.45, 2.75) is 116 Å². The number of quaternary nitrogens is 1. The van der Waals surface area contributed by atoms with Crippen LogP contribution < -0.4 is 4.89 Å². The van der Waals surface area contributed by atoms with Gasteiger partial charge in [-0.2, -0.15) is 0 Å². The predicted octanol–water partition coefficient (Wildman–Crippen LogP) is 6.85. The monoisotopic (exact) mass is 449 g/mol. The molecular weight excluding hydrogens is 397 g/mol. The summed E-state index contributed by atoms with van der Waals surface area (Å²) in [6, 6.07) is 0. The molecule has 0 amide bonds. The summed E-state index contributed by atoms with van der Waals surface area (Å²) in [6.45, 7) is 3.59. The second-order valence-corrected chi connectivity index (χ2v) is 11.2. The lowest BCUT2D eigenvalue weighted by Gasteiger charge is -2.26. The molecule has 0 bridgehead atoms. The molecular formula is C24H52NO4P. The topological polar surface area (TPSA) is 58.6 Å². The second-order valence-electron chi connectivity index (χ2n) is 9.78. The Labute approximate surface area is 188 Å². The number of hydrogen-bond donors (Lipinski definition) is 0. The molecule has 0 rings (SSSR count). The standard InChI is InChI=1S/C24H52NO4P/c1-5-6-7-8-9-10-11-12-13-14-15-16-17-18-19-20-23-28-30(26,27)29-24-21-22-25(2,3)4/h5-24H2,1-4H3. The van der Waals surface area contributed by atoms with Crippen LogP contribution in [0.2, 0.25) is 0 Å². The summed E-state index contributed by atoms with van der Waals surface area (Å²) in [5, 5.41) is 0. The summed E-state index contributed by atoms with van der Waals surface area (Å²) in [7, 11) is 2.10. The molecule has 0 heterocycles. The number of rotatable bonds is 23. The van der Waals surface area contributed by atoms with E-state index in [0.717, 1.165) is 30.3 Å². The zero-order valence-electron chi connectivity index (χ0n) is 20.7. The molecule has 1 atom stereocenters. The van der Waals surface area contributed by atoms with Crippen LogP contribution >= 0.6 is 7.82 Å². The third-order valence-corrected chi connectivity index (χ3v) is 6.47. The molecule has 0 N–H and O–H groups in total. The lowest BCUT2D eigenvalue weighted by Crippen LogP contribution is -2.35. The largest absolute Gasteiger partial charge is 0.756 e. The molecule has 0 fully saturated rings. The molecule has 0 aliphatic carbocycles. The minimum absolute atomic E-state index is 0.204. The lowest BCUT2D eigenvalue weighted by atomic mass is 10.0. The Morgan fingerprint density at radius 3 is 1.30 bits per heavy atom. The molecule has 0 saturated carbocycles. The average molecular weight is 450 g/mol. The van der Waals surface area contributed by atoms with Crippen molar-refractivity contribution in [1.29, 1.82) is 0 Å². The Morgan fingerprint density at radius 2 is 0.933 bits per heavy atom. The normalized spacial score (nSPS) is 14.2. The van der Waals surface area contributed by atoms with Crippen LogP contribution in [0.4, 0.5) is 0 Å². The minimum atomic E-state index is -4.12. The van der Waals surface area contributed by atoms with E-state index in [9.17, 15) is 9.46 Å². The third-order valence-electron chi connectivity index (χ3n) is 5.47. The van der Waals surface area contributed by atoms with E-state index in [0.29, 0.717) is 6.42 Å². The summed E-state index contributed by atoms with van der Waals surface area (Å²) in [6.07, 6.45) is 21.6. The summed E-state index contributed by atoms with van der Waals surface area (Å²) in [5.41, 5.74) is 0. The van der Waals surface area contributed by atoms with Crippen molar-refractivity contribution in [2.24, 2.45) is 0 Å². The van der Waals surface area contributed by atoms with Gasteiger partial charge in [0.05, 0.1) is 40.9 Å². The zero-order chi connectivity index (χ0) is 22.6. The van der Waals surface area contributed by atoms with Gasteiger partial charge in [-0.3, -0.25) is 4.57 Å². The van der Waals surface area contributed by atoms with Crippen LogP contribution in [0.5, 0.6) is 0 Å². The molecule has 1 unspecified atom stereocenters. The Bertz CT molecular complexity index is 413. The highest BCUT2D eigenvalue weighted by molar-refractivity contribution is 7.45. The first kappa shape index (κ1) is 30.1. The van der Waals surface area contributed by atoms with Crippen molar-refractivity contribution in [2.75, 3.05) is 40.9 Å². The maximum Gasteiger partial charge on any atom is 0.267 e. The summed E-state index contributed by atoms with van der Waals surface area (Å²) >= 11 is 0. The molecule has 0 aliphatic rings. The smallest absolute Gasteiger partial charge is 0.267 e. The van der Waals surface area contributed by atoms with Crippen LogP contribution in [0.15, 0.2) is 0 Å². The van der Waals surface area contributed by atoms with E-state index >= 15 is 0 Å². The molecule has 0 spiro atoms. The van der Waals surface area contributed by atoms with Gasteiger partial charge in [0.15, 0.2) is 0 Å². The van der Waals surface area contributed by atoms with Crippen LogP contribution in [0.25, 0.3) is 0 Å². The third kappa shape index (κ3) is 24.3. The van der Waals surface area contributed by atoms with Gasteiger partial charge in [-0.25, -0.2) is 0 Å². The molecule has 0 radical (unpaired) electrons. The van der Waals surface area contributed by atoms with Gasteiger partial charge in [-0.15, -0.1) is 0 Å². The van der Waals surface area contributed by atoms with E-state index in [4.69, 9.17) is 9.05 Å². The Morgan fingerprint density at radius 1 is 0.600 bits per heavy atom. The van der Waals surface area contributed by atoms with Crippen LogP contribution in [0.1, 0.15) is 116 Å². The predicted molar refractivity (Wildman–Crippen MR) is 127 cm³/mol. The van der Waals surface area contributed by atoms with E-state index in [1.54, 1.807) is 0 Å². The number of phosphoric acid groups is 1. The number of hydrogen-bond acceptors (Lipinski definition) is 4. The molecule has 0 aliphatic heterocycles. The Hall–Kier alpha value is 0.0700. The highest BCUT2D eigenvalue weighted by Crippen LogP contribution is 2.38. The van der Waals surface area contributed by atoms with E-state index in [2.05, 4.69) is 28.1 Å². The first-order valence-corrected chi connectivity index (χ1v) is 14.1. The van der Waals surface area contributed by atoms with E-state index in [1.807, 2.05) is 0 Å². The van der Waals surface area contributed by atoms with Crippen molar-refractivity contribution < 1.29 is 23.0 Å². The highest BCUT2D eigenvalue weighted by Gasteiger charge is 2.11. The summed E-state index contributed by atoms with van der Waals surface area (Å²) in [5.74, 6) is 0. The first-order chi connectivity index (χ1) is 14.3. The second kappa shape index (κ2) is 19.7. The number of phosphoric ester groups is 1. The molecule has 30 heavy (non-hydrogen) atoms. The van der Waals surface area contributed by atoms with Gasteiger partial charge >= 0.3 is 0 Å². The van der Waals surface area contributed by atoms with Gasteiger partial charge in [0.1, 0.15) is 0 Å². The van der Waals surface area contributed by atoms with E-state index in [-0.39, 0.29) is 13.2 Å². The Balaban J connectivity index is 3.29. The maximum atomic E-state index is 11.7.